The van der Waals surface area contributed by atoms with Crippen molar-refractivity contribution in [3.05, 3.63) is 29.8 Å². The molecule has 4 nitrogen and oxygen atoms in total. The van der Waals surface area contributed by atoms with Gasteiger partial charge in [0.2, 0.25) is 0 Å². The lowest BCUT2D eigenvalue weighted by Crippen LogP contribution is -2.17. The molecule has 0 heterocycles. The number of benzene rings is 1. The Morgan fingerprint density at radius 3 is 2.94 bits per heavy atom. The highest BCUT2D eigenvalue weighted by Crippen LogP contribution is 2.12. The predicted molar refractivity (Wildman–Crippen MR) is 65.6 cm³/mol. The number of nitrogens with zero attached hydrogens (tertiary/aromatic N) is 1. The van der Waals surface area contributed by atoms with Gasteiger partial charge in [0.15, 0.2) is 0 Å². The number of ether oxygens (including phenoxy) is 1. The third-order valence-electron chi connectivity index (χ3n) is 2.04. The van der Waals surface area contributed by atoms with Gasteiger partial charge in [-0.25, -0.2) is 4.79 Å². The number of hydrogen-bond acceptors (Lipinski definition) is 3. The van der Waals surface area contributed by atoms with E-state index in [0.29, 0.717) is 18.5 Å². The molecule has 0 fully saturated rings. The highest BCUT2D eigenvalue weighted by Gasteiger charge is 2.05. The quantitative estimate of drug-likeness (QED) is 0.867. The van der Waals surface area contributed by atoms with Crippen LogP contribution in [-0.4, -0.2) is 12.2 Å². The van der Waals surface area contributed by atoms with Crippen molar-refractivity contribution < 1.29 is 9.53 Å². The van der Waals surface area contributed by atoms with Crippen LogP contribution in [0.3, 0.4) is 0 Å². The van der Waals surface area contributed by atoms with Gasteiger partial charge in [-0.1, -0.05) is 12.1 Å². The molecule has 1 aromatic rings. The molecule has 1 amide bonds. The van der Waals surface area contributed by atoms with E-state index in [9.17, 15) is 4.79 Å². The molecular formula is C13H16N2O2. The van der Waals surface area contributed by atoms with Gasteiger partial charge in [-0.3, -0.25) is 5.32 Å². The molecule has 0 saturated heterocycles. The fraction of sp³-hybridized carbons (Fsp3) is 0.385. The number of nitriles is 1. The molecule has 17 heavy (non-hydrogen) atoms. The van der Waals surface area contributed by atoms with E-state index < -0.39 is 6.09 Å². The maximum atomic E-state index is 11.4. The number of rotatable bonds is 4. The zero-order chi connectivity index (χ0) is 12.7. The van der Waals surface area contributed by atoms with E-state index in [1.54, 1.807) is 19.9 Å². The summed E-state index contributed by atoms with van der Waals surface area (Å²) in [5, 5.41) is 11.1. The van der Waals surface area contributed by atoms with Gasteiger partial charge in [0.1, 0.15) is 0 Å². The minimum Gasteiger partial charge on any atom is -0.447 e. The minimum atomic E-state index is -0.461. The summed E-state index contributed by atoms with van der Waals surface area (Å²) in [6, 6.07) is 9.50. The van der Waals surface area contributed by atoms with Crippen LogP contribution in [0.4, 0.5) is 10.5 Å². The van der Waals surface area contributed by atoms with Gasteiger partial charge < -0.3 is 4.74 Å². The summed E-state index contributed by atoms with van der Waals surface area (Å²) in [5.41, 5.74) is 1.71. The second-order valence-corrected chi connectivity index (χ2v) is 3.94. The molecule has 0 spiro atoms. The normalized spacial score (nSPS) is 9.76. The van der Waals surface area contributed by atoms with Gasteiger partial charge in [0, 0.05) is 12.1 Å². The summed E-state index contributed by atoms with van der Waals surface area (Å²) in [7, 11) is 0. The van der Waals surface area contributed by atoms with Gasteiger partial charge in [-0.05, 0) is 38.0 Å². The first kappa shape index (κ1) is 13.0. The van der Waals surface area contributed by atoms with Crippen molar-refractivity contribution in [1.82, 2.24) is 0 Å². The maximum Gasteiger partial charge on any atom is 0.411 e. The molecule has 0 unspecified atom stereocenters. The van der Waals surface area contributed by atoms with E-state index in [0.717, 1.165) is 5.56 Å². The Bertz CT molecular complexity index is 422. The molecular weight excluding hydrogens is 216 g/mol. The van der Waals surface area contributed by atoms with Crippen LogP contribution >= 0.6 is 0 Å². The molecule has 0 aliphatic heterocycles. The second-order valence-electron chi connectivity index (χ2n) is 3.94. The number of carbonyl (C=O) groups excluding carboxylic acids is 1. The SMILES string of the molecule is CC(C)OC(=O)Nc1cccc(CCC#N)c1. The lowest BCUT2D eigenvalue weighted by atomic mass is 10.1. The maximum absolute atomic E-state index is 11.4. The molecule has 4 heteroatoms. The van der Waals surface area contributed by atoms with Gasteiger partial charge in [-0.2, -0.15) is 5.26 Å². The van der Waals surface area contributed by atoms with Crippen LogP contribution in [-0.2, 0) is 11.2 Å². The molecule has 0 atom stereocenters. The van der Waals surface area contributed by atoms with Crippen molar-refractivity contribution in [2.45, 2.75) is 32.8 Å². The lowest BCUT2D eigenvalue weighted by Gasteiger charge is -2.10. The predicted octanol–water partition coefficient (Wildman–Crippen LogP) is 3.10. The van der Waals surface area contributed by atoms with Crippen LogP contribution in [0.5, 0.6) is 0 Å². The Balaban J connectivity index is 2.59. The van der Waals surface area contributed by atoms with E-state index in [1.807, 2.05) is 18.2 Å². The molecule has 90 valence electrons. The molecule has 1 rings (SSSR count). The highest BCUT2D eigenvalue weighted by molar-refractivity contribution is 5.84. The Hall–Kier alpha value is -2.02. The standard InChI is InChI=1S/C13H16N2O2/c1-10(2)17-13(16)15-12-7-3-5-11(9-12)6-4-8-14/h3,5,7,9-10H,4,6H2,1-2H3,(H,15,16). The molecule has 1 N–H and O–H groups in total. The van der Waals surface area contributed by atoms with E-state index in [-0.39, 0.29) is 6.10 Å². The zero-order valence-corrected chi connectivity index (χ0v) is 10.1. The van der Waals surface area contributed by atoms with Crippen LogP contribution in [0.1, 0.15) is 25.8 Å². The van der Waals surface area contributed by atoms with Crippen LogP contribution < -0.4 is 5.32 Å². The van der Waals surface area contributed by atoms with E-state index in [1.165, 1.54) is 0 Å². The first-order chi connectivity index (χ1) is 8.11. The van der Waals surface area contributed by atoms with Gasteiger partial charge in [0.05, 0.1) is 12.2 Å². The third kappa shape index (κ3) is 5.03. The summed E-state index contributed by atoms with van der Waals surface area (Å²) in [6.07, 6.45) is 0.555. The van der Waals surface area contributed by atoms with Crippen molar-refractivity contribution in [1.29, 1.82) is 5.26 Å². The second kappa shape index (κ2) is 6.54. The van der Waals surface area contributed by atoms with Crippen LogP contribution in [0, 0.1) is 11.3 Å². The third-order valence-corrected chi connectivity index (χ3v) is 2.04. The Labute approximate surface area is 101 Å². The number of carbonyl (C=O) groups is 1. The summed E-state index contributed by atoms with van der Waals surface area (Å²) < 4.78 is 4.97. The van der Waals surface area contributed by atoms with Crippen LogP contribution in [0.25, 0.3) is 0 Å². The number of hydrogen-bond donors (Lipinski definition) is 1. The van der Waals surface area contributed by atoms with Crippen molar-refractivity contribution in [2.75, 3.05) is 5.32 Å². The van der Waals surface area contributed by atoms with Crippen LogP contribution in [0.15, 0.2) is 24.3 Å². The average Bonchev–Trinajstić information content (AvgIpc) is 2.25. The average molecular weight is 232 g/mol. The molecule has 1 aromatic carbocycles. The van der Waals surface area contributed by atoms with Crippen molar-refractivity contribution in [3.63, 3.8) is 0 Å². The van der Waals surface area contributed by atoms with Crippen molar-refractivity contribution >= 4 is 11.8 Å². The van der Waals surface area contributed by atoms with Gasteiger partial charge in [-0.15, -0.1) is 0 Å². The number of aryl methyl sites for hydroxylation is 1. The Morgan fingerprint density at radius 2 is 2.29 bits per heavy atom. The Kier molecular flexibility index (Phi) is 5.02. The summed E-state index contributed by atoms with van der Waals surface area (Å²) in [6.45, 7) is 3.59. The Morgan fingerprint density at radius 1 is 1.53 bits per heavy atom. The molecule has 0 bridgehead atoms. The first-order valence-electron chi connectivity index (χ1n) is 5.55. The lowest BCUT2D eigenvalue weighted by molar-refractivity contribution is 0.130. The number of nitrogens with one attached hydrogen (secondary N) is 1. The number of anilines is 1. The fourth-order valence-corrected chi connectivity index (χ4v) is 1.37. The molecule has 0 aliphatic rings. The van der Waals surface area contributed by atoms with E-state index in [4.69, 9.17) is 10.00 Å². The largest absolute Gasteiger partial charge is 0.447 e. The minimum absolute atomic E-state index is 0.142. The first-order valence-corrected chi connectivity index (χ1v) is 5.55. The fourth-order valence-electron chi connectivity index (χ4n) is 1.37. The van der Waals surface area contributed by atoms with Crippen LogP contribution in [0.2, 0.25) is 0 Å². The summed E-state index contributed by atoms with van der Waals surface area (Å²) >= 11 is 0. The zero-order valence-electron chi connectivity index (χ0n) is 10.1. The van der Waals surface area contributed by atoms with E-state index in [2.05, 4.69) is 11.4 Å². The smallest absolute Gasteiger partial charge is 0.411 e. The number of amides is 1. The van der Waals surface area contributed by atoms with E-state index >= 15 is 0 Å². The molecule has 0 radical (unpaired) electrons. The van der Waals surface area contributed by atoms with Crippen molar-refractivity contribution in [2.24, 2.45) is 0 Å². The molecule has 0 aromatic heterocycles. The van der Waals surface area contributed by atoms with Gasteiger partial charge >= 0.3 is 6.09 Å². The highest BCUT2D eigenvalue weighted by atomic mass is 16.6. The summed E-state index contributed by atoms with van der Waals surface area (Å²) in [4.78, 5) is 11.4. The topological polar surface area (TPSA) is 62.1 Å². The molecule has 0 aliphatic carbocycles. The van der Waals surface area contributed by atoms with Gasteiger partial charge in [0.25, 0.3) is 0 Å². The monoisotopic (exact) mass is 232 g/mol. The summed E-state index contributed by atoms with van der Waals surface area (Å²) in [5.74, 6) is 0. The van der Waals surface area contributed by atoms with Crippen molar-refractivity contribution in [3.8, 4) is 6.07 Å². The molecule has 0 saturated carbocycles.